The minimum absolute atomic E-state index is 0.0640. The maximum absolute atomic E-state index is 4.48. The second kappa shape index (κ2) is 8.66. The van der Waals surface area contributed by atoms with Crippen LogP contribution in [0.5, 0.6) is 0 Å². The second-order valence-corrected chi connectivity index (χ2v) is 11.6. The lowest BCUT2D eigenvalue weighted by atomic mass is 9.72. The summed E-state index contributed by atoms with van der Waals surface area (Å²) in [6.45, 7) is 4.82. The van der Waals surface area contributed by atoms with Gasteiger partial charge < -0.3 is 4.57 Å². The van der Waals surface area contributed by atoms with Gasteiger partial charge in [-0.3, -0.25) is 4.98 Å². The van der Waals surface area contributed by atoms with E-state index in [0.29, 0.717) is 0 Å². The molecule has 0 spiro atoms. The molecule has 0 fully saturated rings. The Kier molecular flexibility index (Phi) is 5.03. The zero-order valence-corrected chi connectivity index (χ0v) is 22.9. The number of hydrogen-bond donors (Lipinski definition) is 0. The lowest BCUT2D eigenvalue weighted by molar-refractivity contribution is 0.634. The Morgan fingerprint density at radius 1 is 0.675 bits per heavy atom. The molecule has 4 aromatic carbocycles. The molecule has 40 heavy (non-hydrogen) atoms. The van der Waals surface area contributed by atoms with E-state index in [1.807, 2.05) is 12.4 Å². The number of aromatic nitrogens is 2. The number of hydrogen-bond acceptors (Lipinski definition) is 1. The first-order chi connectivity index (χ1) is 19.6. The summed E-state index contributed by atoms with van der Waals surface area (Å²) < 4.78 is 2.50. The Morgan fingerprint density at radius 2 is 1.32 bits per heavy atom. The maximum atomic E-state index is 4.48. The number of nitrogens with zero attached hydrogens (tertiary/aromatic N) is 2. The summed E-state index contributed by atoms with van der Waals surface area (Å²) in [6, 6.07) is 37.7. The highest BCUT2D eigenvalue weighted by atomic mass is 15.0. The van der Waals surface area contributed by atoms with E-state index in [4.69, 9.17) is 0 Å². The van der Waals surface area contributed by atoms with Crippen LogP contribution < -0.4 is 10.6 Å². The summed E-state index contributed by atoms with van der Waals surface area (Å²) in [7, 11) is 0. The van der Waals surface area contributed by atoms with Crippen molar-refractivity contribution >= 4 is 22.6 Å². The topological polar surface area (TPSA) is 17.8 Å². The van der Waals surface area contributed by atoms with E-state index in [1.165, 1.54) is 71.7 Å². The smallest absolute Gasteiger partial charge is 0.0571 e. The lowest BCUT2D eigenvalue weighted by Crippen LogP contribution is -2.43. The second-order valence-electron chi connectivity index (χ2n) is 11.6. The summed E-state index contributed by atoms with van der Waals surface area (Å²) in [5.74, 6) is 0. The fourth-order valence-electron chi connectivity index (χ4n) is 6.96. The summed E-state index contributed by atoms with van der Waals surface area (Å²) in [6.07, 6.45) is 8.54. The van der Waals surface area contributed by atoms with Crippen molar-refractivity contribution in [2.45, 2.75) is 32.1 Å². The molecule has 8 rings (SSSR count). The molecule has 0 atom stereocenters. The van der Waals surface area contributed by atoms with E-state index in [0.717, 1.165) is 12.8 Å². The predicted molar refractivity (Wildman–Crippen MR) is 167 cm³/mol. The minimum Gasteiger partial charge on any atom is -0.309 e. The highest BCUT2D eigenvalue weighted by Crippen LogP contribution is 2.44. The number of fused-ring (bicyclic) bond motifs is 5. The molecule has 0 N–H and O–H groups in total. The molecule has 0 unspecified atom stereocenters. The molecule has 0 saturated carbocycles. The van der Waals surface area contributed by atoms with E-state index in [-0.39, 0.29) is 5.41 Å². The molecule has 0 radical (unpaired) electrons. The van der Waals surface area contributed by atoms with Gasteiger partial charge in [-0.05, 0) is 93.8 Å². The first kappa shape index (κ1) is 23.2. The van der Waals surface area contributed by atoms with E-state index in [2.05, 4.69) is 133 Å². The molecule has 0 amide bonds. The van der Waals surface area contributed by atoms with Crippen LogP contribution in [0.4, 0.5) is 0 Å². The minimum atomic E-state index is -0.0640. The maximum Gasteiger partial charge on any atom is 0.0571 e. The Hall–Kier alpha value is -4.69. The van der Waals surface area contributed by atoms with Gasteiger partial charge in [-0.25, -0.2) is 0 Å². The molecular weight excluding hydrogens is 484 g/mol. The standard InChI is InChI=1S/C38H30N2/c1-38(2)33-15-9-14-31-32-24-39-19-18-35(32)40(37(31)33)36-17-16-27(23-34(36)38)30-21-28(25-10-5-3-6-11-25)20-29(22-30)26-12-7-4-8-13-26/h3-8,10-14,16-24H,9,15H2,1-2H3. The van der Waals surface area contributed by atoms with Crippen molar-refractivity contribution in [2.24, 2.45) is 0 Å². The summed E-state index contributed by atoms with van der Waals surface area (Å²) >= 11 is 0. The Morgan fingerprint density at radius 3 is 2.00 bits per heavy atom. The third kappa shape index (κ3) is 3.39. The molecule has 0 bridgehead atoms. The molecule has 1 aliphatic carbocycles. The number of rotatable bonds is 3. The molecule has 0 saturated heterocycles. The Balaban J connectivity index is 1.37. The van der Waals surface area contributed by atoms with Crippen molar-refractivity contribution < 1.29 is 0 Å². The average molecular weight is 515 g/mol. The zero-order valence-electron chi connectivity index (χ0n) is 22.9. The van der Waals surface area contributed by atoms with Gasteiger partial charge in [0.2, 0.25) is 0 Å². The van der Waals surface area contributed by atoms with Gasteiger partial charge in [0.1, 0.15) is 0 Å². The van der Waals surface area contributed by atoms with E-state index < -0.39 is 0 Å². The van der Waals surface area contributed by atoms with Crippen molar-refractivity contribution in [3.63, 3.8) is 0 Å². The van der Waals surface area contributed by atoms with Crippen molar-refractivity contribution in [2.75, 3.05) is 0 Å². The van der Waals surface area contributed by atoms with Gasteiger partial charge in [0.05, 0.1) is 16.6 Å². The van der Waals surface area contributed by atoms with Crippen molar-refractivity contribution in [3.8, 4) is 39.1 Å². The van der Waals surface area contributed by atoms with Gasteiger partial charge in [0.25, 0.3) is 0 Å². The van der Waals surface area contributed by atoms with E-state index >= 15 is 0 Å². The highest BCUT2D eigenvalue weighted by molar-refractivity contribution is 5.88. The molecule has 192 valence electrons. The van der Waals surface area contributed by atoms with Crippen LogP contribution in [0, 0.1) is 0 Å². The van der Waals surface area contributed by atoms with Gasteiger partial charge in [0.15, 0.2) is 0 Å². The van der Waals surface area contributed by atoms with E-state index in [1.54, 1.807) is 0 Å². The molecular formula is C38H30N2. The van der Waals surface area contributed by atoms with Crippen LogP contribution in [-0.2, 0) is 5.41 Å². The molecule has 2 heteroatoms. The monoisotopic (exact) mass is 514 g/mol. The van der Waals surface area contributed by atoms with Gasteiger partial charge >= 0.3 is 0 Å². The van der Waals surface area contributed by atoms with Crippen LogP contribution in [0.1, 0.15) is 32.3 Å². The highest BCUT2D eigenvalue weighted by Gasteiger charge is 2.36. The van der Waals surface area contributed by atoms with E-state index in [9.17, 15) is 0 Å². The first-order valence-electron chi connectivity index (χ1n) is 14.2. The molecule has 1 aliphatic heterocycles. The molecule has 2 aromatic heterocycles. The fourth-order valence-corrected chi connectivity index (χ4v) is 6.96. The predicted octanol–water partition coefficient (Wildman–Crippen LogP) is 8.04. The van der Waals surface area contributed by atoms with Crippen LogP contribution in [0.15, 0.2) is 116 Å². The fraction of sp³-hybridized carbons (Fsp3) is 0.132. The summed E-state index contributed by atoms with van der Waals surface area (Å²) in [5, 5.41) is 4.00. The van der Waals surface area contributed by atoms with Crippen LogP contribution in [0.25, 0.3) is 61.6 Å². The normalized spacial score (nSPS) is 14.9. The van der Waals surface area contributed by atoms with Crippen molar-refractivity contribution in [1.82, 2.24) is 9.55 Å². The van der Waals surface area contributed by atoms with Crippen molar-refractivity contribution in [3.05, 3.63) is 132 Å². The quantitative estimate of drug-likeness (QED) is 0.234. The molecule has 6 aromatic rings. The lowest BCUT2D eigenvalue weighted by Gasteiger charge is -2.36. The van der Waals surface area contributed by atoms with Crippen LogP contribution in [0.2, 0.25) is 0 Å². The SMILES string of the molecule is CC1(C)C2=c3c(c4cnccc4n3-c3ccc(-c4cc(-c5ccccc5)cc(-c5ccccc5)c4)cc31)=CCC2. The summed E-state index contributed by atoms with van der Waals surface area (Å²) in [5.41, 5.74) is 12.8. The largest absolute Gasteiger partial charge is 0.309 e. The van der Waals surface area contributed by atoms with Crippen LogP contribution in [-0.4, -0.2) is 9.55 Å². The summed E-state index contributed by atoms with van der Waals surface area (Å²) in [4.78, 5) is 4.48. The van der Waals surface area contributed by atoms with Crippen molar-refractivity contribution in [1.29, 1.82) is 0 Å². The number of pyridine rings is 1. The number of benzene rings is 4. The van der Waals surface area contributed by atoms with Gasteiger partial charge in [-0.2, -0.15) is 0 Å². The van der Waals surface area contributed by atoms with Gasteiger partial charge in [0, 0.05) is 28.4 Å². The first-order valence-corrected chi connectivity index (χ1v) is 14.2. The van der Waals surface area contributed by atoms with Crippen LogP contribution >= 0.6 is 0 Å². The Labute approximate surface area is 234 Å². The Bertz CT molecular complexity index is 2000. The third-order valence-corrected chi connectivity index (χ3v) is 8.98. The molecule has 3 heterocycles. The molecule has 2 nitrogen and oxygen atoms in total. The van der Waals surface area contributed by atoms with Gasteiger partial charge in [-0.1, -0.05) is 86.7 Å². The molecule has 2 aliphatic rings. The zero-order chi connectivity index (χ0) is 26.8. The van der Waals surface area contributed by atoms with Gasteiger partial charge in [-0.15, -0.1) is 0 Å². The van der Waals surface area contributed by atoms with Crippen LogP contribution in [0.3, 0.4) is 0 Å². The average Bonchev–Trinajstić information content (AvgIpc) is 3.35. The third-order valence-electron chi connectivity index (χ3n) is 8.98.